The van der Waals surface area contributed by atoms with Gasteiger partial charge in [-0.3, -0.25) is 0 Å². The molecule has 0 aliphatic carbocycles. The van der Waals surface area contributed by atoms with E-state index in [1.165, 1.54) is 12.1 Å². The van der Waals surface area contributed by atoms with E-state index in [4.69, 9.17) is 32.7 Å². The number of rotatable bonds is 3. The molecule has 0 amide bonds. The molecule has 0 saturated heterocycles. The average molecular weight is 328 g/mol. The van der Waals surface area contributed by atoms with Crippen LogP contribution in [-0.4, -0.2) is 13.2 Å². The van der Waals surface area contributed by atoms with Crippen LogP contribution in [0.15, 0.2) is 30.3 Å². The quantitative estimate of drug-likeness (QED) is 0.899. The van der Waals surface area contributed by atoms with Gasteiger partial charge < -0.3 is 14.8 Å². The molecule has 0 saturated carbocycles. The molecule has 1 N–H and O–H groups in total. The number of hydrogen-bond donors (Lipinski definition) is 1. The second-order valence-corrected chi connectivity index (χ2v) is 5.38. The van der Waals surface area contributed by atoms with E-state index in [1.807, 2.05) is 0 Å². The number of nitrogens with one attached hydrogen (secondary N) is 1. The van der Waals surface area contributed by atoms with Crippen molar-refractivity contribution in [2.45, 2.75) is 6.54 Å². The lowest BCUT2D eigenvalue weighted by Crippen LogP contribution is -2.15. The number of benzene rings is 2. The molecule has 21 heavy (non-hydrogen) atoms. The Morgan fingerprint density at radius 2 is 1.71 bits per heavy atom. The van der Waals surface area contributed by atoms with Crippen LogP contribution < -0.4 is 14.8 Å². The molecule has 0 radical (unpaired) electrons. The number of fused-ring (bicyclic) bond motifs is 1. The zero-order valence-corrected chi connectivity index (χ0v) is 12.5. The van der Waals surface area contributed by atoms with E-state index in [9.17, 15) is 4.39 Å². The van der Waals surface area contributed by atoms with Gasteiger partial charge in [-0.1, -0.05) is 29.3 Å². The van der Waals surface area contributed by atoms with E-state index < -0.39 is 0 Å². The second-order valence-electron chi connectivity index (χ2n) is 4.56. The van der Waals surface area contributed by atoms with Crippen LogP contribution in [0.5, 0.6) is 11.5 Å². The molecule has 2 aromatic carbocycles. The maximum Gasteiger partial charge on any atom is 0.163 e. The van der Waals surface area contributed by atoms with Crippen molar-refractivity contribution in [2.24, 2.45) is 0 Å². The van der Waals surface area contributed by atoms with Gasteiger partial charge in [0, 0.05) is 23.7 Å². The summed E-state index contributed by atoms with van der Waals surface area (Å²) in [6.07, 6.45) is 0. The minimum atomic E-state index is -0.360. The summed E-state index contributed by atoms with van der Waals surface area (Å²) >= 11 is 12.2. The molecule has 1 aliphatic heterocycles. The molecule has 1 heterocycles. The normalized spacial score (nSPS) is 13.1. The lowest BCUT2D eigenvalue weighted by atomic mass is 10.2. The highest BCUT2D eigenvalue weighted by atomic mass is 35.5. The fraction of sp³-hybridized carbons (Fsp3) is 0.200. The van der Waals surface area contributed by atoms with Gasteiger partial charge >= 0.3 is 0 Å². The summed E-state index contributed by atoms with van der Waals surface area (Å²) in [4.78, 5) is 0. The summed E-state index contributed by atoms with van der Waals surface area (Å²) in [5.41, 5.74) is 1.49. The lowest BCUT2D eigenvalue weighted by molar-refractivity contribution is 0.171. The van der Waals surface area contributed by atoms with Gasteiger partial charge in [-0.05, 0) is 17.7 Å². The van der Waals surface area contributed by atoms with Crippen molar-refractivity contribution >= 4 is 28.9 Å². The Labute approximate surface area is 131 Å². The molecule has 3 rings (SSSR count). The first-order valence-corrected chi connectivity index (χ1v) is 7.16. The molecular weight excluding hydrogens is 316 g/mol. The van der Waals surface area contributed by atoms with Crippen molar-refractivity contribution in [1.82, 2.24) is 0 Å². The van der Waals surface area contributed by atoms with Crippen LogP contribution in [0.4, 0.5) is 10.1 Å². The number of hydrogen-bond acceptors (Lipinski definition) is 3. The minimum absolute atomic E-state index is 0.360. The van der Waals surface area contributed by atoms with E-state index in [0.29, 0.717) is 47.0 Å². The van der Waals surface area contributed by atoms with Crippen LogP contribution in [0.1, 0.15) is 5.56 Å². The molecule has 0 aromatic heterocycles. The Morgan fingerprint density at radius 3 is 2.43 bits per heavy atom. The van der Waals surface area contributed by atoms with Gasteiger partial charge in [0.15, 0.2) is 11.5 Å². The van der Waals surface area contributed by atoms with Gasteiger partial charge in [-0.25, -0.2) is 4.39 Å². The van der Waals surface area contributed by atoms with Crippen molar-refractivity contribution in [3.63, 3.8) is 0 Å². The molecule has 1 aliphatic rings. The molecule has 0 bridgehead atoms. The highest BCUT2D eigenvalue weighted by molar-refractivity contribution is 6.33. The standard InChI is InChI=1S/C15H12Cl2FNO2/c16-11-5-10(18)2-1-9(11)8-19-13-7-15-14(6-12(13)17)20-3-4-21-15/h1-2,5-7,19H,3-4,8H2. The Hall–Kier alpha value is -1.65. The van der Waals surface area contributed by atoms with Gasteiger partial charge in [0.2, 0.25) is 0 Å². The van der Waals surface area contributed by atoms with Crippen LogP contribution in [-0.2, 0) is 6.54 Å². The largest absolute Gasteiger partial charge is 0.486 e. The molecule has 2 aromatic rings. The van der Waals surface area contributed by atoms with Crippen molar-refractivity contribution in [3.05, 3.63) is 51.8 Å². The molecule has 0 spiro atoms. The number of halogens is 3. The monoisotopic (exact) mass is 327 g/mol. The van der Waals surface area contributed by atoms with Crippen LogP contribution in [0.25, 0.3) is 0 Å². The van der Waals surface area contributed by atoms with E-state index in [0.717, 1.165) is 5.56 Å². The zero-order valence-electron chi connectivity index (χ0n) is 11.0. The molecule has 110 valence electrons. The van der Waals surface area contributed by atoms with E-state index in [1.54, 1.807) is 18.2 Å². The predicted molar refractivity (Wildman–Crippen MR) is 81.2 cm³/mol. The van der Waals surface area contributed by atoms with Gasteiger partial charge in [0.25, 0.3) is 0 Å². The van der Waals surface area contributed by atoms with Crippen LogP contribution in [0, 0.1) is 5.82 Å². The maximum atomic E-state index is 13.0. The molecule has 0 fully saturated rings. The number of anilines is 1. The fourth-order valence-corrected chi connectivity index (χ4v) is 2.51. The third-order valence-corrected chi connectivity index (χ3v) is 3.78. The van der Waals surface area contributed by atoms with Gasteiger partial charge in [-0.15, -0.1) is 0 Å². The molecule has 0 unspecified atom stereocenters. The summed E-state index contributed by atoms with van der Waals surface area (Å²) in [6, 6.07) is 7.79. The Bertz CT molecular complexity index is 679. The first kappa shape index (κ1) is 14.3. The second kappa shape index (κ2) is 6.00. The smallest absolute Gasteiger partial charge is 0.163 e. The van der Waals surface area contributed by atoms with Crippen LogP contribution >= 0.6 is 23.2 Å². The van der Waals surface area contributed by atoms with Gasteiger partial charge in [0.05, 0.1) is 10.7 Å². The third kappa shape index (κ3) is 3.17. The minimum Gasteiger partial charge on any atom is -0.486 e. The van der Waals surface area contributed by atoms with Crippen molar-refractivity contribution in [2.75, 3.05) is 18.5 Å². The summed E-state index contributed by atoms with van der Waals surface area (Å²) < 4.78 is 24.0. The van der Waals surface area contributed by atoms with Gasteiger partial charge in [0.1, 0.15) is 19.0 Å². The SMILES string of the molecule is Fc1ccc(CNc2cc3c(cc2Cl)OCCO3)c(Cl)c1. The van der Waals surface area contributed by atoms with Crippen molar-refractivity contribution in [3.8, 4) is 11.5 Å². The van der Waals surface area contributed by atoms with Gasteiger partial charge in [-0.2, -0.15) is 0 Å². The Balaban J connectivity index is 1.78. The first-order valence-electron chi connectivity index (χ1n) is 6.40. The fourth-order valence-electron chi connectivity index (χ4n) is 2.05. The zero-order chi connectivity index (χ0) is 14.8. The third-order valence-electron chi connectivity index (χ3n) is 3.12. The number of ether oxygens (including phenoxy) is 2. The van der Waals surface area contributed by atoms with Crippen molar-refractivity contribution < 1.29 is 13.9 Å². The van der Waals surface area contributed by atoms with Crippen LogP contribution in [0.2, 0.25) is 10.0 Å². The van der Waals surface area contributed by atoms with Crippen molar-refractivity contribution in [1.29, 1.82) is 0 Å². The molecule has 6 heteroatoms. The summed E-state index contributed by atoms with van der Waals surface area (Å²) in [5, 5.41) is 4.06. The highest BCUT2D eigenvalue weighted by Gasteiger charge is 2.15. The summed E-state index contributed by atoms with van der Waals surface area (Å²) in [7, 11) is 0. The summed E-state index contributed by atoms with van der Waals surface area (Å²) in [5.74, 6) is 0.927. The lowest BCUT2D eigenvalue weighted by Gasteiger charge is -2.20. The van der Waals surface area contributed by atoms with E-state index in [-0.39, 0.29) is 5.82 Å². The Morgan fingerprint density at radius 1 is 1.00 bits per heavy atom. The molecule has 3 nitrogen and oxygen atoms in total. The summed E-state index contributed by atoms with van der Waals surface area (Å²) in [6.45, 7) is 1.46. The highest BCUT2D eigenvalue weighted by Crippen LogP contribution is 2.38. The Kier molecular flexibility index (Phi) is 4.08. The van der Waals surface area contributed by atoms with E-state index >= 15 is 0 Å². The maximum absolute atomic E-state index is 13.0. The average Bonchev–Trinajstić information content (AvgIpc) is 2.46. The first-order chi connectivity index (χ1) is 10.1. The predicted octanol–water partition coefficient (Wildman–Crippen LogP) is 4.52. The van der Waals surface area contributed by atoms with E-state index in [2.05, 4.69) is 5.32 Å². The topological polar surface area (TPSA) is 30.5 Å². The molecule has 0 atom stereocenters. The molecular formula is C15H12Cl2FNO2. The van der Waals surface area contributed by atoms with Crippen LogP contribution in [0.3, 0.4) is 0 Å².